The molecule has 0 aromatic carbocycles. The number of nitriles is 1. The van der Waals surface area contributed by atoms with E-state index in [0.29, 0.717) is 24.2 Å². The number of nitrogens with zero attached hydrogens (tertiary/aromatic N) is 9. The van der Waals surface area contributed by atoms with Gasteiger partial charge in [0.05, 0.1) is 53.2 Å². The Balaban J connectivity index is 1.27. The van der Waals surface area contributed by atoms with Gasteiger partial charge in [-0.1, -0.05) is 6.07 Å². The van der Waals surface area contributed by atoms with E-state index >= 15 is 0 Å². The standard InChI is InChI=1S/C30H30FN9O/c1-20(21-4-7-28(34-14-21)39-18-24(31)17-36-39)37(3)27-6-5-22(15-33-27)26-12-25(38-10-8-30(2,41)9-11-38)19-40-29(26)23(13-32)16-35-40/h4-7,12,14-20,41H,8-11H2,1-3H3/t20-/m0/s1. The van der Waals surface area contributed by atoms with Crippen LogP contribution in [0.25, 0.3) is 22.5 Å². The number of fused-ring (bicyclic) bond motifs is 1. The second-order valence-corrected chi connectivity index (χ2v) is 10.8. The fourth-order valence-electron chi connectivity index (χ4n) is 5.21. The third kappa shape index (κ3) is 5.10. The van der Waals surface area contributed by atoms with Crippen LogP contribution in [0.1, 0.15) is 43.9 Å². The van der Waals surface area contributed by atoms with Crippen molar-refractivity contribution in [3.05, 3.63) is 84.5 Å². The Labute approximate surface area is 236 Å². The number of piperidine rings is 1. The topological polar surface area (TPSA) is 111 Å². The zero-order valence-corrected chi connectivity index (χ0v) is 23.1. The van der Waals surface area contributed by atoms with Crippen molar-refractivity contribution in [1.29, 1.82) is 5.26 Å². The Kier molecular flexibility index (Phi) is 6.63. The lowest BCUT2D eigenvalue weighted by Crippen LogP contribution is -2.42. The van der Waals surface area contributed by atoms with Gasteiger partial charge in [-0.05, 0) is 56.5 Å². The lowest BCUT2D eigenvalue weighted by atomic mass is 9.93. The maximum atomic E-state index is 13.3. The third-order valence-corrected chi connectivity index (χ3v) is 7.96. The molecule has 0 unspecified atom stereocenters. The van der Waals surface area contributed by atoms with Crippen LogP contribution in [0.3, 0.4) is 0 Å². The van der Waals surface area contributed by atoms with Crippen molar-refractivity contribution in [1.82, 2.24) is 29.4 Å². The number of rotatable bonds is 6. The number of pyridine rings is 3. The Hall–Kier alpha value is -4.82. The van der Waals surface area contributed by atoms with Crippen molar-refractivity contribution in [2.45, 2.75) is 38.3 Å². The molecule has 5 aromatic heterocycles. The van der Waals surface area contributed by atoms with Crippen molar-refractivity contribution < 1.29 is 9.50 Å². The van der Waals surface area contributed by atoms with E-state index in [9.17, 15) is 14.8 Å². The van der Waals surface area contributed by atoms with Gasteiger partial charge in [-0.25, -0.2) is 23.6 Å². The van der Waals surface area contributed by atoms with Gasteiger partial charge in [-0.2, -0.15) is 15.5 Å². The molecular formula is C30H30FN9O. The van der Waals surface area contributed by atoms with E-state index in [1.165, 1.54) is 10.9 Å². The van der Waals surface area contributed by atoms with Crippen molar-refractivity contribution in [3.63, 3.8) is 0 Å². The summed E-state index contributed by atoms with van der Waals surface area (Å²) in [5.74, 6) is 0.901. The maximum absolute atomic E-state index is 13.3. The van der Waals surface area contributed by atoms with Crippen molar-refractivity contribution in [2.75, 3.05) is 29.9 Å². The number of aromatic nitrogens is 6. The molecule has 0 amide bonds. The van der Waals surface area contributed by atoms with Gasteiger partial charge in [0.15, 0.2) is 11.6 Å². The number of aliphatic hydroxyl groups is 1. The summed E-state index contributed by atoms with van der Waals surface area (Å²) in [6, 6.07) is 12.0. The molecule has 6 heterocycles. The molecular weight excluding hydrogens is 521 g/mol. The average molecular weight is 552 g/mol. The Bertz CT molecular complexity index is 1720. The van der Waals surface area contributed by atoms with Gasteiger partial charge >= 0.3 is 0 Å². The molecule has 1 N–H and O–H groups in total. The first-order chi connectivity index (χ1) is 19.7. The van der Waals surface area contributed by atoms with Crippen LogP contribution < -0.4 is 9.80 Å². The summed E-state index contributed by atoms with van der Waals surface area (Å²) in [5.41, 5.74) is 4.29. The highest BCUT2D eigenvalue weighted by atomic mass is 19.1. The fourth-order valence-corrected chi connectivity index (χ4v) is 5.21. The third-order valence-electron chi connectivity index (χ3n) is 7.96. The monoisotopic (exact) mass is 551 g/mol. The van der Waals surface area contributed by atoms with E-state index in [2.05, 4.69) is 44.0 Å². The quantitative estimate of drug-likeness (QED) is 0.328. The van der Waals surface area contributed by atoms with Crippen molar-refractivity contribution in [2.24, 2.45) is 0 Å². The molecule has 11 heteroatoms. The number of hydrogen-bond acceptors (Lipinski definition) is 8. The lowest BCUT2D eigenvalue weighted by Gasteiger charge is -2.37. The molecule has 10 nitrogen and oxygen atoms in total. The predicted molar refractivity (Wildman–Crippen MR) is 153 cm³/mol. The van der Waals surface area contributed by atoms with Gasteiger partial charge in [0.25, 0.3) is 0 Å². The van der Waals surface area contributed by atoms with Crippen molar-refractivity contribution in [3.8, 4) is 23.0 Å². The zero-order valence-electron chi connectivity index (χ0n) is 23.1. The molecule has 41 heavy (non-hydrogen) atoms. The highest BCUT2D eigenvalue weighted by Crippen LogP contribution is 2.34. The van der Waals surface area contributed by atoms with Gasteiger partial charge in [-0.15, -0.1) is 0 Å². The van der Waals surface area contributed by atoms with E-state index in [4.69, 9.17) is 4.98 Å². The molecule has 1 aliphatic heterocycles. The molecule has 208 valence electrons. The summed E-state index contributed by atoms with van der Waals surface area (Å²) in [4.78, 5) is 13.5. The highest BCUT2D eigenvalue weighted by molar-refractivity contribution is 5.86. The van der Waals surface area contributed by atoms with E-state index in [1.807, 2.05) is 50.6 Å². The largest absolute Gasteiger partial charge is 0.390 e. The van der Waals surface area contributed by atoms with E-state index < -0.39 is 11.4 Å². The Morgan fingerprint density at radius 1 is 1.05 bits per heavy atom. The van der Waals surface area contributed by atoms with Gasteiger partial charge in [0, 0.05) is 43.7 Å². The van der Waals surface area contributed by atoms with Crippen LogP contribution in [-0.2, 0) is 0 Å². The van der Waals surface area contributed by atoms with Crippen LogP contribution in [0.4, 0.5) is 15.9 Å². The molecule has 6 rings (SSSR count). The molecule has 0 radical (unpaired) electrons. The predicted octanol–water partition coefficient (Wildman–Crippen LogP) is 4.54. The highest BCUT2D eigenvalue weighted by Gasteiger charge is 2.28. The molecule has 1 fully saturated rings. The number of halogens is 1. The van der Waals surface area contributed by atoms with E-state index in [-0.39, 0.29) is 6.04 Å². The number of hydrogen-bond donors (Lipinski definition) is 1. The molecule has 0 saturated carbocycles. The SMILES string of the molecule is C[C@@H](c1ccc(-n2cc(F)cn2)nc1)N(C)c1ccc(-c2cc(N3CCC(C)(O)CC3)cn3ncc(C#N)c23)cn1. The van der Waals surface area contributed by atoms with Crippen LogP contribution in [0.2, 0.25) is 0 Å². The first-order valence-corrected chi connectivity index (χ1v) is 13.5. The van der Waals surface area contributed by atoms with Crippen LogP contribution in [0.5, 0.6) is 0 Å². The maximum Gasteiger partial charge on any atom is 0.161 e. The Morgan fingerprint density at radius 3 is 2.49 bits per heavy atom. The van der Waals surface area contributed by atoms with Crippen LogP contribution in [0, 0.1) is 17.1 Å². The fraction of sp³-hybridized carbons (Fsp3) is 0.300. The summed E-state index contributed by atoms with van der Waals surface area (Å²) < 4.78 is 16.5. The van der Waals surface area contributed by atoms with Gasteiger partial charge in [0.2, 0.25) is 0 Å². The first-order valence-electron chi connectivity index (χ1n) is 13.5. The molecule has 0 aliphatic carbocycles. The minimum absolute atomic E-state index is 0.0318. The van der Waals surface area contributed by atoms with Crippen LogP contribution in [0.15, 0.2) is 67.5 Å². The zero-order chi connectivity index (χ0) is 28.7. The van der Waals surface area contributed by atoms with Gasteiger partial charge < -0.3 is 14.9 Å². The second kappa shape index (κ2) is 10.3. The summed E-state index contributed by atoms with van der Waals surface area (Å²) in [5, 5.41) is 28.6. The molecule has 0 spiro atoms. The minimum atomic E-state index is -0.649. The summed E-state index contributed by atoms with van der Waals surface area (Å²) in [6.07, 6.45) is 10.9. The van der Waals surface area contributed by atoms with E-state index in [1.54, 1.807) is 16.9 Å². The lowest BCUT2D eigenvalue weighted by molar-refractivity contribution is 0.0351. The minimum Gasteiger partial charge on any atom is -0.390 e. The first kappa shape index (κ1) is 26.4. The molecule has 1 aliphatic rings. The van der Waals surface area contributed by atoms with Gasteiger partial charge in [0.1, 0.15) is 11.9 Å². The van der Waals surface area contributed by atoms with Gasteiger partial charge in [-0.3, -0.25) is 0 Å². The molecule has 1 saturated heterocycles. The van der Waals surface area contributed by atoms with Crippen molar-refractivity contribution >= 4 is 17.0 Å². The number of anilines is 2. The second-order valence-electron chi connectivity index (χ2n) is 10.8. The summed E-state index contributed by atoms with van der Waals surface area (Å²) in [7, 11) is 1.97. The Morgan fingerprint density at radius 2 is 1.85 bits per heavy atom. The van der Waals surface area contributed by atoms with Crippen LogP contribution in [-0.4, -0.2) is 60.2 Å². The summed E-state index contributed by atoms with van der Waals surface area (Å²) >= 11 is 0. The smallest absolute Gasteiger partial charge is 0.161 e. The molecule has 0 bridgehead atoms. The van der Waals surface area contributed by atoms with Crippen LogP contribution >= 0.6 is 0 Å². The normalized spacial score (nSPS) is 15.6. The van der Waals surface area contributed by atoms with E-state index in [0.717, 1.165) is 53.0 Å². The molecule has 1 atom stereocenters. The molecule has 5 aromatic rings. The summed E-state index contributed by atoms with van der Waals surface area (Å²) in [6.45, 7) is 5.41. The average Bonchev–Trinajstić information content (AvgIpc) is 3.62.